The summed E-state index contributed by atoms with van der Waals surface area (Å²) in [7, 11) is 0. The first-order valence-electron chi connectivity index (χ1n) is 9.22. The van der Waals surface area contributed by atoms with Crippen molar-refractivity contribution in [3.63, 3.8) is 0 Å². The number of halogens is 1. The van der Waals surface area contributed by atoms with Crippen LogP contribution in [0, 0.1) is 15.5 Å². The number of H-pyrrole nitrogens is 1. The number of nitro benzene ring substituents is 1. The molecule has 1 aromatic carbocycles. The Hall–Kier alpha value is -3.20. The Morgan fingerprint density at radius 3 is 2.86 bits per heavy atom. The number of aromatic nitrogens is 3. The van der Waals surface area contributed by atoms with Gasteiger partial charge < -0.3 is 15.2 Å². The summed E-state index contributed by atoms with van der Waals surface area (Å²) in [6, 6.07) is 6.06. The number of fused-ring (bicyclic) bond motifs is 1. The summed E-state index contributed by atoms with van der Waals surface area (Å²) in [4.78, 5) is 37.1. The molecule has 3 heterocycles. The first-order chi connectivity index (χ1) is 13.9. The smallest absolute Gasteiger partial charge is 0.283 e. The van der Waals surface area contributed by atoms with Crippen LogP contribution in [0.25, 0.3) is 11.0 Å². The van der Waals surface area contributed by atoms with Crippen LogP contribution in [0.2, 0.25) is 5.02 Å². The van der Waals surface area contributed by atoms with Gasteiger partial charge >= 0.3 is 0 Å². The van der Waals surface area contributed by atoms with Crippen LogP contribution in [-0.2, 0) is 0 Å². The fraction of sp³-hybridized carbons (Fsp3) is 0.316. The van der Waals surface area contributed by atoms with Gasteiger partial charge in [-0.1, -0.05) is 11.6 Å². The zero-order valence-corrected chi connectivity index (χ0v) is 16.0. The van der Waals surface area contributed by atoms with E-state index in [9.17, 15) is 14.9 Å². The normalized spacial score (nSPS) is 17.8. The predicted molar refractivity (Wildman–Crippen MR) is 107 cm³/mol. The maximum absolute atomic E-state index is 12.5. The lowest BCUT2D eigenvalue weighted by molar-refractivity contribution is -0.385. The van der Waals surface area contributed by atoms with E-state index in [2.05, 4.69) is 25.2 Å². The van der Waals surface area contributed by atoms with Crippen LogP contribution < -0.4 is 10.2 Å². The summed E-state index contributed by atoms with van der Waals surface area (Å²) in [5, 5.41) is 15.3. The van der Waals surface area contributed by atoms with Gasteiger partial charge in [-0.3, -0.25) is 14.9 Å². The fourth-order valence-electron chi connectivity index (χ4n) is 4.48. The zero-order valence-electron chi connectivity index (χ0n) is 15.3. The lowest BCUT2D eigenvalue weighted by Gasteiger charge is -2.59. The third-order valence-corrected chi connectivity index (χ3v) is 6.02. The number of aromatic amines is 1. The van der Waals surface area contributed by atoms with E-state index in [-0.39, 0.29) is 27.7 Å². The number of benzene rings is 1. The molecule has 148 valence electrons. The minimum Gasteiger partial charge on any atom is -0.355 e. The maximum atomic E-state index is 12.5. The van der Waals surface area contributed by atoms with Crippen LogP contribution in [0.1, 0.15) is 23.2 Å². The van der Waals surface area contributed by atoms with E-state index in [0.717, 1.165) is 42.8 Å². The number of hydrogen-bond acceptors (Lipinski definition) is 6. The molecule has 1 saturated carbocycles. The first-order valence-corrected chi connectivity index (χ1v) is 9.60. The Bertz CT molecular complexity index is 1130. The number of rotatable bonds is 4. The number of anilines is 1. The standard InChI is InChI=1S/C19H17ClN6O3/c20-11-1-2-13(15(5-11)26(28)29)18(27)24-12-6-19(7-12)8-25(9-19)17-14-3-4-21-16(14)22-10-23-17/h1-5,10,12H,6-9H2,(H,24,27)(H,21,22,23). The van der Waals surface area contributed by atoms with E-state index >= 15 is 0 Å². The summed E-state index contributed by atoms with van der Waals surface area (Å²) in [5.41, 5.74) is 0.737. The van der Waals surface area contributed by atoms with Gasteiger partial charge in [0.25, 0.3) is 11.6 Å². The molecule has 9 nitrogen and oxygen atoms in total. The average molecular weight is 413 g/mol. The summed E-state index contributed by atoms with van der Waals surface area (Å²) in [6.07, 6.45) is 5.10. The van der Waals surface area contributed by atoms with Crippen molar-refractivity contribution in [3.05, 3.63) is 57.5 Å². The van der Waals surface area contributed by atoms with Crippen LogP contribution >= 0.6 is 11.6 Å². The maximum Gasteiger partial charge on any atom is 0.283 e. The summed E-state index contributed by atoms with van der Waals surface area (Å²) >= 11 is 5.82. The topological polar surface area (TPSA) is 117 Å². The largest absolute Gasteiger partial charge is 0.355 e. The van der Waals surface area contributed by atoms with Crippen molar-refractivity contribution in [2.45, 2.75) is 18.9 Å². The fourth-order valence-corrected chi connectivity index (χ4v) is 4.65. The van der Waals surface area contributed by atoms with Gasteiger partial charge in [-0.15, -0.1) is 0 Å². The molecule has 10 heteroatoms. The first kappa shape index (κ1) is 17.9. The van der Waals surface area contributed by atoms with Crippen LogP contribution in [0.15, 0.2) is 36.8 Å². The SMILES string of the molecule is O=C(NC1CC2(C1)CN(c1ncnc3[nH]ccc13)C2)c1ccc(Cl)cc1[N+](=O)[O-]. The summed E-state index contributed by atoms with van der Waals surface area (Å²) < 4.78 is 0. The molecule has 2 fully saturated rings. The molecule has 0 bridgehead atoms. The molecule has 0 unspecified atom stereocenters. The highest BCUT2D eigenvalue weighted by atomic mass is 35.5. The van der Waals surface area contributed by atoms with E-state index in [1.54, 1.807) is 6.33 Å². The molecule has 2 N–H and O–H groups in total. The summed E-state index contributed by atoms with van der Waals surface area (Å²) in [6.45, 7) is 1.75. The zero-order chi connectivity index (χ0) is 20.2. The van der Waals surface area contributed by atoms with E-state index in [1.165, 1.54) is 18.2 Å². The third-order valence-electron chi connectivity index (χ3n) is 5.78. The predicted octanol–water partition coefficient (Wildman–Crippen LogP) is 2.92. The number of nitrogens with zero attached hydrogens (tertiary/aromatic N) is 4. The van der Waals surface area contributed by atoms with E-state index in [1.807, 2.05) is 12.3 Å². The number of carbonyl (C=O) groups excluding carboxylic acids is 1. The second-order valence-electron chi connectivity index (χ2n) is 7.79. The van der Waals surface area contributed by atoms with Gasteiger partial charge in [0.2, 0.25) is 0 Å². The molecule has 3 aromatic rings. The Kier molecular flexibility index (Phi) is 3.95. The molecule has 29 heavy (non-hydrogen) atoms. The van der Waals surface area contributed by atoms with Gasteiger partial charge in [0.05, 0.1) is 10.3 Å². The molecule has 1 aliphatic carbocycles. The van der Waals surface area contributed by atoms with Gasteiger partial charge in [-0.25, -0.2) is 9.97 Å². The lowest BCUT2D eigenvalue weighted by atomic mass is 9.60. The van der Waals surface area contributed by atoms with E-state index in [4.69, 9.17) is 11.6 Å². The molecular formula is C19H17ClN6O3. The molecule has 5 rings (SSSR count). The minimum absolute atomic E-state index is 0.0117. The Morgan fingerprint density at radius 1 is 1.31 bits per heavy atom. The van der Waals surface area contributed by atoms with Crippen molar-refractivity contribution in [2.75, 3.05) is 18.0 Å². The van der Waals surface area contributed by atoms with Crippen LogP contribution in [0.5, 0.6) is 0 Å². The molecule has 0 radical (unpaired) electrons. The number of nitro groups is 1. The van der Waals surface area contributed by atoms with E-state index < -0.39 is 10.8 Å². The Balaban J connectivity index is 1.21. The molecular weight excluding hydrogens is 396 g/mol. The third kappa shape index (κ3) is 2.98. The molecule has 1 spiro atoms. The number of carbonyl (C=O) groups is 1. The second-order valence-corrected chi connectivity index (χ2v) is 8.23. The van der Waals surface area contributed by atoms with Gasteiger partial charge in [-0.2, -0.15) is 0 Å². The second kappa shape index (κ2) is 6.41. The lowest BCUT2D eigenvalue weighted by Crippen LogP contribution is -2.66. The quantitative estimate of drug-likeness (QED) is 0.502. The Morgan fingerprint density at radius 2 is 2.10 bits per heavy atom. The van der Waals surface area contributed by atoms with Crippen molar-refractivity contribution >= 4 is 40.0 Å². The Labute approximate surface area is 170 Å². The number of hydrogen-bond donors (Lipinski definition) is 2. The average Bonchev–Trinajstić information content (AvgIpc) is 3.11. The van der Waals surface area contributed by atoms with Crippen molar-refractivity contribution < 1.29 is 9.72 Å². The number of nitrogens with one attached hydrogen (secondary N) is 2. The highest BCUT2D eigenvalue weighted by Crippen LogP contribution is 2.50. The van der Waals surface area contributed by atoms with Crippen molar-refractivity contribution in [3.8, 4) is 0 Å². The highest BCUT2D eigenvalue weighted by Gasteiger charge is 2.53. The van der Waals surface area contributed by atoms with Gasteiger partial charge in [0.1, 0.15) is 23.4 Å². The van der Waals surface area contributed by atoms with Crippen molar-refractivity contribution in [2.24, 2.45) is 5.41 Å². The molecule has 1 amide bonds. The van der Waals surface area contributed by atoms with Crippen molar-refractivity contribution in [1.82, 2.24) is 20.3 Å². The van der Waals surface area contributed by atoms with Gasteiger partial charge in [0.15, 0.2) is 0 Å². The monoisotopic (exact) mass is 412 g/mol. The van der Waals surface area contributed by atoms with Gasteiger partial charge in [-0.05, 0) is 31.0 Å². The highest BCUT2D eigenvalue weighted by molar-refractivity contribution is 6.31. The molecule has 2 aromatic heterocycles. The summed E-state index contributed by atoms with van der Waals surface area (Å²) in [5.74, 6) is 0.486. The van der Waals surface area contributed by atoms with Crippen LogP contribution in [0.3, 0.4) is 0 Å². The molecule has 2 aliphatic rings. The van der Waals surface area contributed by atoms with Crippen molar-refractivity contribution in [1.29, 1.82) is 0 Å². The molecule has 1 saturated heterocycles. The molecule has 0 atom stereocenters. The van der Waals surface area contributed by atoms with Crippen LogP contribution in [-0.4, -0.2) is 44.9 Å². The molecule has 1 aliphatic heterocycles. The van der Waals surface area contributed by atoms with E-state index in [0.29, 0.717) is 0 Å². The number of amides is 1. The van der Waals surface area contributed by atoms with Crippen LogP contribution in [0.4, 0.5) is 11.5 Å². The van der Waals surface area contributed by atoms with Gasteiger partial charge in [0, 0.05) is 41.8 Å². The minimum atomic E-state index is -0.587.